The zero-order chi connectivity index (χ0) is 11.1. The molecular formula is C10H12FN5. The third-order valence-electron chi connectivity index (χ3n) is 2.79. The molecule has 0 radical (unpaired) electrons. The smallest absolute Gasteiger partial charge is 0.245 e. The lowest BCUT2D eigenvalue weighted by molar-refractivity contribution is 0.614. The Kier molecular flexibility index (Phi) is 2.03. The van der Waals surface area contributed by atoms with Gasteiger partial charge < -0.3 is 10.6 Å². The van der Waals surface area contributed by atoms with Crippen LogP contribution in [0.15, 0.2) is 18.3 Å². The highest BCUT2D eigenvalue weighted by Gasteiger charge is 2.22. The topological polar surface area (TPSA) is 59.5 Å². The Morgan fingerprint density at radius 1 is 1.44 bits per heavy atom. The first-order chi connectivity index (χ1) is 7.72. The van der Waals surface area contributed by atoms with Gasteiger partial charge in [0.1, 0.15) is 5.82 Å². The highest BCUT2D eigenvalue weighted by molar-refractivity contribution is 5.45. The molecule has 0 aliphatic carbocycles. The Labute approximate surface area is 91.7 Å². The van der Waals surface area contributed by atoms with Gasteiger partial charge in [0.15, 0.2) is 5.65 Å². The van der Waals surface area contributed by atoms with Gasteiger partial charge in [-0.15, -0.1) is 5.10 Å². The molecule has 16 heavy (non-hydrogen) atoms. The number of aromatic nitrogens is 3. The SMILES string of the molecule is NC1CCN(c2nc3ccc(F)cn3n2)C1. The van der Waals surface area contributed by atoms with Crippen LogP contribution in [0.25, 0.3) is 5.65 Å². The van der Waals surface area contributed by atoms with E-state index in [1.165, 1.54) is 16.8 Å². The van der Waals surface area contributed by atoms with E-state index in [0.717, 1.165) is 19.5 Å². The third kappa shape index (κ3) is 1.51. The fourth-order valence-electron chi connectivity index (χ4n) is 1.95. The number of rotatable bonds is 1. The predicted molar refractivity (Wildman–Crippen MR) is 57.8 cm³/mol. The maximum Gasteiger partial charge on any atom is 0.245 e. The number of hydrogen-bond acceptors (Lipinski definition) is 4. The van der Waals surface area contributed by atoms with Gasteiger partial charge in [-0.2, -0.15) is 4.98 Å². The highest BCUT2D eigenvalue weighted by atomic mass is 19.1. The second kappa shape index (κ2) is 3.41. The van der Waals surface area contributed by atoms with E-state index in [1.807, 2.05) is 4.90 Å². The molecule has 1 fully saturated rings. The van der Waals surface area contributed by atoms with Gasteiger partial charge in [0.25, 0.3) is 0 Å². The van der Waals surface area contributed by atoms with Gasteiger partial charge in [0.05, 0.1) is 6.20 Å². The molecular weight excluding hydrogens is 209 g/mol. The van der Waals surface area contributed by atoms with Crippen molar-refractivity contribution in [2.45, 2.75) is 12.5 Å². The second-order valence-electron chi connectivity index (χ2n) is 4.06. The maximum atomic E-state index is 13.0. The highest BCUT2D eigenvalue weighted by Crippen LogP contribution is 2.16. The summed E-state index contributed by atoms with van der Waals surface area (Å²) in [6.07, 6.45) is 2.27. The molecule has 0 aromatic carbocycles. The monoisotopic (exact) mass is 221 g/mol. The molecule has 0 saturated carbocycles. The van der Waals surface area contributed by atoms with Crippen LogP contribution in [0.2, 0.25) is 0 Å². The van der Waals surface area contributed by atoms with Crippen LogP contribution < -0.4 is 10.6 Å². The first-order valence-corrected chi connectivity index (χ1v) is 5.25. The second-order valence-corrected chi connectivity index (χ2v) is 4.06. The van der Waals surface area contributed by atoms with Crippen LogP contribution >= 0.6 is 0 Å². The normalized spacial score (nSPS) is 20.9. The van der Waals surface area contributed by atoms with Crippen molar-refractivity contribution in [3.05, 3.63) is 24.1 Å². The molecule has 5 nitrogen and oxygen atoms in total. The zero-order valence-electron chi connectivity index (χ0n) is 8.67. The van der Waals surface area contributed by atoms with Crippen molar-refractivity contribution in [1.82, 2.24) is 14.6 Å². The molecule has 84 valence electrons. The van der Waals surface area contributed by atoms with Crippen LogP contribution in [-0.2, 0) is 0 Å². The summed E-state index contributed by atoms with van der Waals surface area (Å²) in [4.78, 5) is 6.35. The molecule has 1 aliphatic heterocycles. The van der Waals surface area contributed by atoms with E-state index in [9.17, 15) is 4.39 Å². The van der Waals surface area contributed by atoms with E-state index < -0.39 is 0 Å². The average Bonchev–Trinajstić information content (AvgIpc) is 2.83. The summed E-state index contributed by atoms with van der Waals surface area (Å²) < 4.78 is 14.4. The number of nitrogens with zero attached hydrogens (tertiary/aromatic N) is 4. The van der Waals surface area contributed by atoms with Gasteiger partial charge in [0, 0.05) is 19.1 Å². The minimum Gasteiger partial charge on any atom is -0.338 e. The molecule has 2 aromatic rings. The summed E-state index contributed by atoms with van der Waals surface area (Å²) in [5.74, 6) is 0.306. The van der Waals surface area contributed by atoms with E-state index >= 15 is 0 Å². The van der Waals surface area contributed by atoms with Crippen molar-refractivity contribution >= 4 is 11.6 Å². The fourth-order valence-corrected chi connectivity index (χ4v) is 1.95. The van der Waals surface area contributed by atoms with Crippen molar-refractivity contribution in [3.8, 4) is 0 Å². The Balaban J connectivity index is 1.99. The quantitative estimate of drug-likeness (QED) is 0.757. The summed E-state index contributed by atoms with van der Waals surface area (Å²) in [6, 6.07) is 3.18. The summed E-state index contributed by atoms with van der Waals surface area (Å²) in [6.45, 7) is 1.62. The zero-order valence-corrected chi connectivity index (χ0v) is 8.67. The van der Waals surface area contributed by atoms with Gasteiger partial charge in [-0.25, -0.2) is 8.91 Å². The Bertz CT molecular complexity index is 523. The van der Waals surface area contributed by atoms with Crippen molar-refractivity contribution in [3.63, 3.8) is 0 Å². The Hall–Kier alpha value is -1.69. The van der Waals surface area contributed by atoms with Crippen LogP contribution in [0.5, 0.6) is 0 Å². The van der Waals surface area contributed by atoms with Gasteiger partial charge in [-0.05, 0) is 18.6 Å². The number of anilines is 1. The number of fused-ring (bicyclic) bond motifs is 1. The molecule has 2 aromatic heterocycles. The van der Waals surface area contributed by atoms with E-state index in [0.29, 0.717) is 11.6 Å². The van der Waals surface area contributed by atoms with E-state index in [-0.39, 0.29) is 11.9 Å². The molecule has 6 heteroatoms. The Morgan fingerprint density at radius 3 is 3.06 bits per heavy atom. The minimum absolute atomic E-state index is 0.184. The number of hydrogen-bond donors (Lipinski definition) is 1. The Morgan fingerprint density at radius 2 is 2.31 bits per heavy atom. The van der Waals surface area contributed by atoms with Crippen molar-refractivity contribution in [2.24, 2.45) is 5.73 Å². The number of nitrogens with two attached hydrogens (primary N) is 1. The molecule has 1 atom stereocenters. The van der Waals surface area contributed by atoms with Gasteiger partial charge >= 0.3 is 0 Å². The summed E-state index contributed by atoms with van der Waals surface area (Å²) in [5, 5.41) is 4.23. The first-order valence-electron chi connectivity index (χ1n) is 5.25. The van der Waals surface area contributed by atoms with Gasteiger partial charge in [0.2, 0.25) is 5.95 Å². The van der Waals surface area contributed by atoms with Crippen LogP contribution in [0.4, 0.5) is 10.3 Å². The third-order valence-corrected chi connectivity index (χ3v) is 2.79. The van der Waals surface area contributed by atoms with Crippen molar-refractivity contribution < 1.29 is 4.39 Å². The molecule has 0 spiro atoms. The molecule has 0 bridgehead atoms. The molecule has 1 aliphatic rings. The van der Waals surface area contributed by atoms with Crippen molar-refractivity contribution in [1.29, 1.82) is 0 Å². The summed E-state index contributed by atoms with van der Waals surface area (Å²) in [5.41, 5.74) is 6.47. The lowest BCUT2D eigenvalue weighted by Crippen LogP contribution is -2.27. The van der Waals surface area contributed by atoms with Crippen LogP contribution in [0.3, 0.4) is 0 Å². The maximum absolute atomic E-state index is 13.0. The lowest BCUT2D eigenvalue weighted by atomic mass is 10.3. The van der Waals surface area contributed by atoms with Crippen LogP contribution in [0, 0.1) is 5.82 Å². The minimum atomic E-state index is -0.318. The van der Waals surface area contributed by atoms with Crippen molar-refractivity contribution in [2.75, 3.05) is 18.0 Å². The van der Waals surface area contributed by atoms with E-state index in [1.54, 1.807) is 6.07 Å². The lowest BCUT2D eigenvalue weighted by Gasteiger charge is -2.11. The fraction of sp³-hybridized carbons (Fsp3) is 0.400. The average molecular weight is 221 g/mol. The van der Waals surface area contributed by atoms with Crippen LogP contribution in [-0.4, -0.2) is 33.7 Å². The number of pyridine rings is 1. The van der Waals surface area contributed by atoms with E-state index in [2.05, 4.69) is 10.1 Å². The molecule has 1 saturated heterocycles. The molecule has 3 rings (SSSR count). The van der Waals surface area contributed by atoms with Gasteiger partial charge in [-0.3, -0.25) is 0 Å². The molecule has 1 unspecified atom stereocenters. The van der Waals surface area contributed by atoms with E-state index in [4.69, 9.17) is 5.73 Å². The number of halogens is 1. The standard InChI is InChI=1S/C10H12FN5/c11-7-1-2-9-13-10(14-16(9)5-7)15-4-3-8(12)6-15/h1-2,5,8H,3-4,6,12H2. The molecule has 3 heterocycles. The summed E-state index contributed by atoms with van der Waals surface area (Å²) in [7, 11) is 0. The molecule has 2 N–H and O–H groups in total. The molecule has 0 amide bonds. The summed E-state index contributed by atoms with van der Waals surface area (Å²) >= 11 is 0. The van der Waals surface area contributed by atoms with Gasteiger partial charge in [-0.1, -0.05) is 0 Å². The largest absolute Gasteiger partial charge is 0.338 e. The van der Waals surface area contributed by atoms with Crippen LogP contribution in [0.1, 0.15) is 6.42 Å². The first kappa shape index (κ1) is 9.53. The predicted octanol–water partition coefficient (Wildman–Crippen LogP) is 0.406.